The van der Waals surface area contributed by atoms with Crippen molar-refractivity contribution in [2.75, 3.05) is 0 Å². The first-order valence-corrected chi connectivity index (χ1v) is 9.43. The van der Waals surface area contributed by atoms with Crippen molar-refractivity contribution in [3.05, 3.63) is 0 Å². The third-order valence-electron chi connectivity index (χ3n) is 2.29. The van der Waals surface area contributed by atoms with Gasteiger partial charge in [-0.25, -0.2) is 4.57 Å². The lowest BCUT2D eigenvalue weighted by Gasteiger charge is -2.33. The zero-order chi connectivity index (χ0) is 15.7. The summed E-state index contributed by atoms with van der Waals surface area (Å²) in [7, 11) is -9.04. The van der Waals surface area contributed by atoms with E-state index in [4.69, 9.17) is 9.79 Å². The van der Waals surface area contributed by atoms with Gasteiger partial charge in [-0.3, -0.25) is 0 Å². The van der Waals surface area contributed by atoms with Crippen LogP contribution in [0.3, 0.4) is 0 Å². The van der Waals surface area contributed by atoms with E-state index in [1.807, 2.05) is 0 Å². The lowest BCUT2D eigenvalue weighted by Crippen LogP contribution is -2.40. The molecule has 19 heavy (non-hydrogen) atoms. The van der Waals surface area contributed by atoms with Gasteiger partial charge in [-0.1, -0.05) is 0 Å². The molecule has 0 radical (unpaired) electrons. The summed E-state index contributed by atoms with van der Waals surface area (Å²) in [5.41, 5.74) is -2.03. The van der Waals surface area contributed by atoms with Crippen LogP contribution in [0.25, 0.3) is 0 Å². The van der Waals surface area contributed by atoms with Crippen molar-refractivity contribution in [3.63, 3.8) is 0 Å². The third kappa shape index (κ3) is 9.44. The summed E-state index contributed by atoms with van der Waals surface area (Å²) in [5, 5.41) is 0. The average Bonchev–Trinajstić information content (AvgIpc) is 1.91. The van der Waals surface area contributed by atoms with Crippen molar-refractivity contribution in [2.24, 2.45) is 0 Å². The summed E-state index contributed by atoms with van der Waals surface area (Å²) in [6.07, 6.45) is -13.4. The van der Waals surface area contributed by atoms with Gasteiger partial charge in [-0.15, -0.1) is 0 Å². The van der Waals surface area contributed by atoms with Crippen LogP contribution in [0.1, 0.15) is 12.8 Å². The Morgan fingerprint density at radius 3 is 1.58 bits per heavy atom. The molecule has 0 saturated carbocycles. The molecule has 2 N–H and O–H groups in total. The van der Waals surface area contributed by atoms with Crippen LogP contribution in [-0.4, -0.2) is 30.5 Å². The Hall–Kier alpha value is -0.0931. The van der Waals surface area contributed by atoms with Crippen molar-refractivity contribution in [1.29, 1.82) is 0 Å². The van der Waals surface area contributed by atoms with Crippen molar-refractivity contribution in [1.82, 2.24) is 0 Å². The molecule has 116 valence electrons. The number of hydrogen-bond donors (Lipinski definition) is 2. The average molecular weight is 334 g/mol. The van der Waals surface area contributed by atoms with Gasteiger partial charge in [0.05, 0.1) is 0 Å². The Labute approximate surface area is 106 Å². The Kier molecular flexibility index (Phi) is 5.69. The monoisotopic (exact) mass is 334 g/mol. The lowest BCUT2D eigenvalue weighted by atomic mass is 10.2. The Morgan fingerprint density at radius 2 is 1.37 bits per heavy atom. The van der Waals surface area contributed by atoms with Gasteiger partial charge in [0.25, 0.3) is 0 Å². The second-order valence-electron chi connectivity index (χ2n) is 4.52. The minimum absolute atomic E-state index is 0.911. The van der Waals surface area contributed by atoms with E-state index in [1.54, 1.807) is 0 Å². The molecular weight excluding hydrogens is 321 g/mol. The molecular formula is C7H13F6O4PSi. The Balaban J connectivity index is 5.16. The molecule has 0 aliphatic carbocycles. The number of halogens is 6. The summed E-state index contributed by atoms with van der Waals surface area (Å²) >= 11 is 0. The van der Waals surface area contributed by atoms with Crippen LogP contribution in [0.15, 0.2) is 0 Å². The van der Waals surface area contributed by atoms with Gasteiger partial charge in [0.15, 0.2) is 0 Å². The van der Waals surface area contributed by atoms with Gasteiger partial charge >= 0.3 is 20.2 Å². The van der Waals surface area contributed by atoms with Crippen LogP contribution in [-0.2, 0) is 8.78 Å². The SMILES string of the molecule is C[Si](C)(OP(=O)(O)O)C(CC(F)(F)F)CC(F)(F)F. The van der Waals surface area contributed by atoms with Gasteiger partial charge in [0.1, 0.15) is 0 Å². The van der Waals surface area contributed by atoms with Gasteiger partial charge < -0.3 is 14.0 Å². The molecule has 0 aliphatic rings. The van der Waals surface area contributed by atoms with Crippen LogP contribution in [0.4, 0.5) is 26.3 Å². The van der Waals surface area contributed by atoms with E-state index in [-0.39, 0.29) is 0 Å². The molecule has 0 aromatic rings. The highest BCUT2D eigenvalue weighted by Gasteiger charge is 2.49. The van der Waals surface area contributed by atoms with Crippen molar-refractivity contribution >= 4 is 16.1 Å². The van der Waals surface area contributed by atoms with Gasteiger partial charge in [0, 0.05) is 12.8 Å². The van der Waals surface area contributed by atoms with Gasteiger partial charge in [0.2, 0.25) is 8.32 Å². The largest absolute Gasteiger partial charge is 0.459 e. The smallest absolute Gasteiger partial charge is 0.330 e. The summed E-state index contributed by atoms with van der Waals surface area (Å²) in [6.45, 7) is 1.82. The maximum atomic E-state index is 12.2. The Morgan fingerprint density at radius 1 is 1.05 bits per heavy atom. The zero-order valence-electron chi connectivity index (χ0n) is 9.92. The first-order valence-electron chi connectivity index (χ1n) is 4.92. The molecule has 12 heteroatoms. The fourth-order valence-corrected chi connectivity index (χ4v) is 6.00. The van der Waals surface area contributed by atoms with Crippen LogP contribution in [0.5, 0.6) is 0 Å². The standard InChI is InChI=1S/C7H13F6O4PSi/c1-19(2,17-18(14,15)16)5(3-6(8,9)10)4-7(11,12)13/h5H,3-4H2,1-2H3,(H2,14,15,16). The second kappa shape index (κ2) is 5.72. The summed E-state index contributed by atoms with van der Waals surface area (Å²) in [4.78, 5) is 17.1. The molecule has 0 aromatic heterocycles. The van der Waals surface area contributed by atoms with E-state index < -0.39 is 46.9 Å². The van der Waals surface area contributed by atoms with Gasteiger partial charge in [-0.05, 0) is 18.6 Å². The molecule has 0 aromatic carbocycles. The minimum atomic E-state index is -5.15. The van der Waals surface area contributed by atoms with E-state index in [2.05, 4.69) is 4.21 Å². The molecule has 0 aliphatic heterocycles. The zero-order valence-corrected chi connectivity index (χ0v) is 11.8. The highest BCUT2D eigenvalue weighted by molar-refractivity contribution is 7.48. The minimum Gasteiger partial charge on any atom is -0.330 e. The summed E-state index contributed by atoms with van der Waals surface area (Å²) < 4.78 is 88.3. The first kappa shape index (κ1) is 18.9. The summed E-state index contributed by atoms with van der Waals surface area (Å²) in [5.74, 6) is 0. The quantitative estimate of drug-likeness (QED) is 0.458. The van der Waals surface area contributed by atoms with Crippen LogP contribution in [0, 0.1) is 0 Å². The number of phosphoric acid groups is 1. The maximum Gasteiger partial charge on any atom is 0.459 e. The van der Waals surface area contributed by atoms with Crippen molar-refractivity contribution in [3.8, 4) is 0 Å². The van der Waals surface area contributed by atoms with E-state index in [0.29, 0.717) is 0 Å². The molecule has 0 amide bonds. The van der Waals surface area contributed by atoms with E-state index in [1.165, 1.54) is 0 Å². The van der Waals surface area contributed by atoms with Crippen LogP contribution in [0.2, 0.25) is 18.6 Å². The lowest BCUT2D eigenvalue weighted by molar-refractivity contribution is -0.158. The van der Waals surface area contributed by atoms with E-state index in [0.717, 1.165) is 13.1 Å². The van der Waals surface area contributed by atoms with Crippen molar-refractivity contribution < 1.29 is 44.9 Å². The molecule has 0 fully saturated rings. The molecule has 4 nitrogen and oxygen atoms in total. The predicted octanol–water partition coefficient (Wildman–Crippen LogP) is 3.58. The molecule has 0 saturated heterocycles. The predicted molar refractivity (Wildman–Crippen MR) is 55.7 cm³/mol. The highest BCUT2D eigenvalue weighted by atomic mass is 31.2. The Bertz CT molecular complexity index is 332. The molecule has 0 atom stereocenters. The number of hydrogen-bond acceptors (Lipinski definition) is 2. The van der Waals surface area contributed by atoms with E-state index >= 15 is 0 Å². The molecule has 0 bridgehead atoms. The number of rotatable bonds is 5. The first-order chi connectivity index (χ1) is 8.02. The van der Waals surface area contributed by atoms with Crippen LogP contribution < -0.4 is 0 Å². The van der Waals surface area contributed by atoms with E-state index in [9.17, 15) is 30.9 Å². The van der Waals surface area contributed by atoms with Crippen LogP contribution >= 0.6 is 7.82 Å². The topological polar surface area (TPSA) is 66.8 Å². The van der Waals surface area contributed by atoms with Crippen molar-refractivity contribution in [2.45, 2.75) is 43.8 Å². The highest BCUT2D eigenvalue weighted by Crippen LogP contribution is 2.49. The summed E-state index contributed by atoms with van der Waals surface area (Å²) in [6, 6.07) is 0. The second-order valence-corrected chi connectivity index (χ2v) is 10.3. The maximum absolute atomic E-state index is 12.2. The number of alkyl halides is 6. The fraction of sp³-hybridized carbons (Fsp3) is 1.00. The van der Waals surface area contributed by atoms with Gasteiger partial charge in [-0.2, -0.15) is 26.3 Å². The molecule has 0 heterocycles. The molecule has 0 spiro atoms. The fourth-order valence-electron chi connectivity index (χ4n) is 1.50. The molecule has 0 rings (SSSR count). The molecule has 0 unspecified atom stereocenters. The third-order valence-corrected chi connectivity index (χ3v) is 7.50. The normalized spacial score (nSPS) is 15.1.